The summed E-state index contributed by atoms with van der Waals surface area (Å²) in [6.07, 6.45) is 1.12. The Balaban J connectivity index is 1.68. The summed E-state index contributed by atoms with van der Waals surface area (Å²) in [5, 5.41) is 9.84. The predicted octanol–water partition coefficient (Wildman–Crippen LogP) is 3.88. The zero-order chi connectivity index (χ0) is 25.8. The molecule has 1 N–H and O–H groups in total. The predicted molar refractivity (Wildman–Crippen MR) is 134 cm³/mol. The van der Waals surface area contributed by atoms with E-state index in [0.29, 0.717) is 6.54 Å². The lowest BCUT2D eigenvalue weighted by atomic mass is 9.99. The third kappa shape index (κ3) is 5.23. The van der Waals surface area contributed by atoms with Gasteiger partial charge in [-0.15, -0.1) is 0 Å². The summed E-state index contributed by atoms with van der Waals surface area (Å²) >= 11 is 0. The van der Waals surface area contributed by atoms with Crippen LogP contribution in [-0.2, 0) is 0 Å². The second kappa shape index (κ2) is 10.9. The topological polar surface area (TPSA) is 83.0 Å². The van der Waals surface area contributed by atoms with Gasteiger partial charge in [0.2, 0.25) is 5.88 Å². The number of likely N-dealkylation sites (N-methyl/N-ethyl adjacent to an activating group) is 1. The number of halogens is 1. The van der Waals surface area contributed by atoms with E-state index in [9.17, 15) is 19.1 Å². The Labute approximate surface area is 210 Å². The first kappa shape index (κ1) is 25.3. The van der Waals surface area contributed by atoms with Crippen LogP contribution in [0.5, 0.6) is 5.88 Å². The van der Waals surface area contributed by atoms with Crippen LogP contribution in [0.2, 0.25) is 0 Å². The number of benzene rings is 2. The van der Waals surface area contributed by atoms with Crippen molar-refractivity contribution in [1.82, 2.24) is 14.8 Å². The normalized spacial score (nSPS) is 18.5. The van der Waals surface area contributed by atoms with Gasteiger partial charge in [-0.2, -0.15) is 0 Å². The second-order valence-corrected chi connectivity index (χ2v) is 9.23. The third-order valence-electron chi connectivity index (χ3n) is 6.53. The quantitative estimate of drug-likeness (QED) is 0.566. The molecular formula is C28H30FN3O4. The van der Waals surface area contributed by atoms with E-state index in [-0.39, 0.29) is 42.0 Å². The summed E-state index contributed by atoms with van der Waals surface area (Å²) in [5.41, 5.74) is 1.94. The minimum Gasteiger partial charge on any atom is -0.472 e. The Morgan fingerprint density at radius 1 is 1.19 bits per heavy atom. The molecule has 3 aromatic rings. The summed E-state index contributed by atoms with van der Waals surface area (Å²) in [6, 6.07) is 16.8. The van der Waals surface area contributed by atoms with Crippen molar-refractivity contribution in [2.45, 2.75) is 26.0 Å². The maximum Gasteiger partial charge on any atom is 0.259 e. The van der Waals surface area contributed by atoms with Crippen molar-refractivity contribution in [1.29, 1.82) is 0 Å². The zero-order valence-electron chi connectivity index (χ0n) is 20.6. The largest absolute Gasteiger partial charge is 0.472 e. The van der Waals surface area contributed by atoms with Gasteiger partial charge in [-0.3, -0.25) is 9.59 Å². The van der Waals surface area contributed by atoms with Crippen LogP contribution in [0, 0.1) is 11.7 Å². The number of aliphatic hydroxyl groups excluding tert-OH is 1. The van der Waals surface area contributed by atoms with Crippen LogP contribution in [0.4, 0.5) is 4.39 Å². The van der Waals surface area contributed by atoms with Gasteiger partial charge in [-0.05, 0) is 30.7 Å². The van der Waals surface area contributed by atoms with Crippen molar-refractivity contribution in [3.8, 4) is 17.0 Å². The van der Waals surface area contributed by atoms with Crippen LogP contribution in [-0.4, -0.2) is 70.6 Å². The number of aliphatic hydroxyl groups is 1. The van der Waals surface area contributed by atoms with E-state index in [2.05, 4.69) is 4.98 Å². The maximum absolute atomic E-state index is 14.2. The molecule has 1 aliphatic heterocycles. The fourth-order valence-corrected chi connectivity index (χ4v) is 4.30. The number of amides is 2. The van der Waals surface area contributed by atoms with Crippen molar-refractivity contribution in [3.05, 3.63) is 83.8 Å². The monoisotopic (exact) mass is 491 g/mol. The molecule has 0 saturated heterocycles. The molecule has 4 rings (SSSR count). The molecule has 2 heterocycles. The van der Waals surface area contributed by atoms with E-state index in [4.69, 9.17) is 4.74 Å². The van der Waals surface area contributed by atoms with Crippen LogP contribution in [0.15, 0.2) is 66.9 Å². The highest BCUT2D eigenvalue weighted by Gasteiger charge is 2.35. The Morgan fingerprint density at radius 3 is 2.58 bits per heavy atom. The lowest BCUT2D eigenvalue weighted by Gasteiger charge is -2.37. The summed E-state index contributed by atoms with van der Waals surface area (Å²) in [4.78, 5) is 34.0. The number of ether oxygens (including phenoxy) is 1. The van der Waals surface area contributed by atoms with E-state index < -0.39 is 23.9 Å². The van der Waals surface area contributed by atoms with Gasteiger partial charge in [0.1, 0.15) is 17.5 Å². The smallest absolute Gasteiger partial charge is 0.259 e. The van der Waals surface area contributed by atoms with Gasteiger partial charge < -0.3 is 19.6 Å². The van der Waals surface area contributed by atoms with Gasteiger partial charge in [-0.1, -0.05) is 49.4 Å². The lowest BCUT2D eigenvalue weighted by molar-refractivity contribution is 0.0312. The van der Waals surface area contributed by atoms with E-state index in [0.717, 1.165) is 11.1 Å². The first-order valence-electron chi connectivity index (χ1n) is 11.9. The fourth-order valence-electron chi connectivity index (χ4n) is 4.30. The molecule has 36 heavy (non-hydrogen) atoms. The van der Waals surface area contributed by atoms with Gasteiger partial charge in [0.15, 0.2) is 0 Å². The Bertz CT molecular complexity index is 1240. The first-order chi connectivity index (χ1) is 17.3. The van der Waals surface area contributed by atoms with Gasteiger partial charge in [-0.25, -0.2) is 9.37 Å². The minimum atomic E-state index is -0.588. The van der Waals surface area contributed by atoms with E-state index >= 15 is 0 Å². The Kier molecular flexibility index (Phi) is 7.64. The maximum atomic E-state index is 14.2. The van der Waals surface area contributed by atoms with Crippen molar-refractivity contribution >= 4 is 11.8 Å². The molecule has 0 radical (unpaired) electrons. The lowest BCUT2D eigenvalue weighted by Crippen LogP contribution is -2.50. The molecule has 7 nitrogen and oxygen atoms in total. The molecule has 2 aromatic carbocycles. The van der Waals surface area contributed by atoms with Crippen LogP contribution < -0.4 is 4.74 Å². The molecule has 8 heteroatoms. The number of fused-ring (bicyclic) bond motifs is 1. The number of aromatic nitrogens is 1. The Hall–Kier alpha value is -3.78. The number of nitrogens with zero attached hydrogens (tertiary/aromatic N) is 3. The average molecular weight is 492 g/mol. The first-order valence-corrected chi connectivity index (χ1v) is 11.9. The van der Waals surface area contributed by atoms with E-state index in [1.54, 1.807) is 37.2 Å². The molecule has 0 aliphatic carbocycles. The number of hydrogen-bond donors (Lipinski definition) is 1. The number of hydrogen-bond acceptors (Lipinski definition) is 5. The van der Waals surface area contributed by atoms with Gasteiger partial charge >= 0.3 is 0 Å². The molecule has 0 unspecified atom stereocenters. The minimum absolute atomic E-state index is 0.0183. The molecule has 0 saturated carbocycles. The molecule has 3 atom stereocenters. The van der Waals surface area contributed by atoms with Crippen molar-refractivity contribution in [2.75, 3.05) is 26.7 Å². The molecule has 0 bridgehead atoms. The van der Waals surface area contributed by atoms with E-state index in [1.165, 1.54) is 23.1 Å². The van der Waals surface area contributed by atoms with Crippen molar-refractivity contribution < 1.29 is 23.8 Å². The van der Waals surface area contributed by atoms with Crippen LogP contribution in [0.1, 0.15) is 34.6 Å². The number of carbonyl (C=O) groups is 2. The van der Waals surface area contributed by atoms with Crippen molar-refractivity contribution in [2.24, 2.45) is 5.92 Å². The van der Waals surface area contributed by atoms with Crippen LogP contribution >= 0.6 is 0 Å². The SMILES string of the molecule is C[C@@H]1CN([C@@H](C)CO)C(=O)c2cc(-c3ccccc3)cnc2O[C@H]1CN(C)C(=O)c1ccccc1F. The molecule has 0 spiro atoms. The highest BCUT2D eigenvalue weighted by molar-refractivity contribution is 5.98. The molecular weight excluding hydrogens is 461 g/mol. The highest BCUT2D eigenvalue weighted by atomic mass is 19.1. The van der Waals surface area contributed by atoms with Crippen LogP contribution in [0.3, 0.4) is 0 Å². The average Bonchev–Trinajstić information content (AvgIpc) is 2.90. The molecule has 1 aliphatic rings. The third-order valence-corrected chi connectivity index (χ3v) is 6.53. The standard InChI is InChI=1S/C28H30FN3O4/c1-18-15-32(19(2)17-33)28(35)23-13-21(20-9-5-4-6-10-20)14-30-26(23)36-25(18)16-31(3)27(34)22-11-7-8-12-24(22)29/h4-14,18-19,25,33H,15-17H2,1-3H3/t18-,19+,25+/m1/s1. The summed E-state index contributed by atoms with van der Waals surface area (Å²) < 4.78 is 20.5. The van der Waals surface area contributed by atoms with E-state index in [1.807, 2.05) is 37.3 Å². The summed E-state index contributed by atoms with van der Waals surface area (Å²) in [6.45, 7) is 3.97. The van der Waals surface area contributed by atoms with Crippen LogP contribution in [0.25, 0.3) is 11.1 Å². The Morgan fingerprint density at radius 2 is 1.89 bits per heavy atom. The van der Waals surface area contributed by atoms with Gasteiger partial charge in [0, 0.05) is 31.3 Å². The van der Waals surface area contributed by atoms with Crippen molar-refractivity contribution in [3.63, 3.8) is 0 Å². The molecule has 2 amide bonds. The number of rotatable bonds is 6. The molecule has 188 valence electrons. The highest BCUT2D eigenvalue weighted by Crippen LogP contribution is 2.30. The number of carbonyl (C=O) groups excluding carboxylic acids is 2. The molecule has 1 aromatic heterocycles. The van der Waals surface area contributed by atoms with Gasteiger partial charge in [0.05, 0.1) is 24.8 Å². The molecule has 0 fully saturated rings. The summed E-state index contributed by atoms with van der Waals surface area (Å²) in [7, 11) is 1.59. The number of pyridine rings is 1. The second-order valence-electron chi connectivity index (χ2n) is 9.23. The van der Waals surface area contributed by atoms with Gasteiger partial charge in [0.25, 0.3) is 11.8 Å². The summed E-state index contributed by atoms with van der Waals surface area (Å²) in [5.74, 6) is -1.37. The fraction of sp³-hybridized carbons (Fsp3) is 0.321. The zero-order valence-corrected chi connectivity index (χ0v) is 20.6.